The molecule has 0 aliphatic heterocycles. The molecule has 0 saturated carbocycles. The number of rotatable bonds is 3. The summed E-state index contributed by atoms with van der Waals surface area (Å²) in [6.45, 7) is 3.85. The van der Waals surface area contributed by atoms with E-state index in [0.29, 0.717) is 22.5 Å². The Morgan fingerprint density at radius 3 is 2.70 bits per heavy atom. The van der Waals surface area contributed by atoms with Crippen molar-refractivity contribution in [1.29, 1.82) is 0 Å². The Bertz CT molecular complexity index is 870. The summed E-state index contributed by atoms with van der Waals surface area (Å²) in [6, 6.07) is 11.9. The molecular weight excluding hydrogens is 293 g/mol. The predicted octanol–water partition coefficient (Wildman–Crippen LogP) is 4.08. The van der Waals surface area contributed by atoms with E-state index in [4.69, 9.17) is 0 Å². The van der Waals surface area contributed by atoms with E-state index in [1.807, 2.05) is 26.0 Å². The van der Waals surface area contributed by atoms with E-state index in [1.165, 1.54) is 12.3 Å². The molecule has 1 amide bonds. The van der Waals surface area contributed by atoms with Crippen LogP contribution in [0, 0.1) is 19.7 Å². The van der Waals surface area contributed by atoms with Gasteiger partial charge < -0.3 is 5.32 Å². The predicted molar refractivity (Wildman–Crippen MR) is 87.9 cm³/mol. The Morgan fingerprint density at radius 1 is 1.13 bits per heavy atom. The second-order valence-electron chi connectivity index (χ2n) is 5.34. The molecule has 5 heteroatoms. The van der Waals surface area contributed by atoms with Gasteiger partial charge in [-0.1, -0.05) is 24.3 Å². The average Bonchev–Trinajstić information content (AvgIpc) is 2.98. The molecule has 0 fully saturated rings. The first-order valence-electron chi connectivity index (χ1n) is 7.23. The van der Waals surface area contributed by atoms with Gasteiger partial charge in [0.1, 0.15) is 5.82 Å². The lowest BCUT2D eigenvalue weighted by molar-refractivity contribution is 0.102. The molecule has 2 aromatic carbocycles. The zero-order chi connectivity index (χ0) is 16.4. The molecule has 23 heavy (non-hydrogen) atoms. The lowest BCUT2D eigenvalue weighted by Crippen LogP contribution is -2.14. The van der Waals surface area contributed by atoms with Gasteiger partial charge in [0.15, 0.2) is 0 Å². The Balaban J connectivity index is 1.93. The Hall–Kier alpha value is -2.95. The summed E-state index contributed by atoms with van der Waals surface area (Å²) in [5.74, 6) is -0.621. The van der Waals surface area contributed by atoms with Crippen molar-refractivity contribution in [2.45, 2.75) is 13.8 Å². The van der Waals surface area contributed by atoms with Gasteiger partial charge in [-0.3, -0.25) is 9.89 Å². The van der Waals surface area contributed by atoms with Crippen LogP contribution in [-0.4, -0.2) is 16.1 Å². The maximum absolute atomic E-state index is 13.9. The van der Waals surface area contributed by atoms with Gasteiger partial charge in [-0.15, -0.1) is 0 Å². The molecule has 2 N–H and O–H groups in total. The first kappa shape index (κ1) is 15.0. The van der Waals surface area contributed by atoms with Crippen molar-refractivity contribution in [3.05, 3.63) is 71.2 Å². The van der Waals surface area contributed by atoms with Crippen LogP contribution in [0.4, 0.5) is 10.1 Å². The number of aromatic nitrogens is 2. The minimum Gasteiger partial charge on any atom is -0.319 e. The number of hydrogen-bond acceptors (Lipinski definition) is 2. The molecule has 116 valence electrons. The summed E-state index contributed by atoms with van der Waals surface area (Å²) < 4.78 is 13.9. The molecule has 0 saturated heterocycles. The van der Waals surface area contributed by atoms with Gasteiger partial charge in [0.05, 0.1) is 17.6 Å². The van der Waals surface area contributed by atoms with E-state index < -0.39 is 0 Å². The zero-order valence-electron chi connectivity index (χ0n) is 12.9. The Morgan fingerprint density at radius 2 is 1.91 bits per heavy atom. The topological polar surface area (TPSA) is 57.8 Å². The molecule has 3 rings (SSSR count). The molecule has 0 unspecified atom stereocenters. The SMILES string of the molecule is Cc1cccc(C(=O)Nc2cn[nH]c2-c2ccccc2F)c1C. The molecule has 0 aliphatic carbocycles. The van der Waals surface area contributed by atoms with Crippen molar-refractivity contribution >= 4 is 11.6 Å². The molecule has 0 spiro atoms. The third-order valence-electron chi connectivity index (χ3n) is 3.88. The lowest BCUT2D eigenvalue weighted by atomic mass is 10.0. The van der Waals surface area contributed by atoms with Crippen LogP contribution in [0.3, 0.4) is 0 Å². The summed E-state index contributed by atoms with van der Waals surface area (Å²) in [5.41, 5.74) is 3.80. The summed E-state index contributed by atoms with van der Waals surface area (Å²) in [5, 5.41) is 9.46. The number of benzene rings is 2. The second-order valence-corrected chi connectivity index (χ2v) is 5.34. The number of nitrogens with zero attached hydrogens (tertiary/aromatic N) is 1. The van der Waals surface area contributed by atoms with Crippen LogP contribution in [0.25, 0.3) is 11.3 Å². The number of nitrogens with one attached hydrogen (secondary N) is 2. The van der Waals surface area contributed by atoms with Gasteiger partial charge in [-0.2, -0.15) is 5.10 Å². The largest absolute Gasteiger partial charge is 0.319 e. The van der Waals surface area contributed by atoms with Crippen LogP contribution in [-0.2, 0) is 0 Å². The fraction of sp³-hybridized carbons (Fsp3) is 0.111. The fourth-order valence-electron chi connectivity index (χ4n) is 2.44. The van der Waals surface area contributed by atoms with Crippen LogP contribution in [0.1, 0.15) is 21.5 Å². The quantitative estimate of drug-likeness (QED) is 0.765. The van der Waals surface area contributed by atoms with Crippen molar-refractivity contribution in [1.82, 2.24) is 10.2 Å². The van der Waals surface area contributed by atoms with Gasteiger partial charge in [-0.05, 0) is 43.2 Å². The van der Waals surface area contributed by atoms with Crippen LogP contribution >= 0.6 is 0 Å². The fourth-order valence-corrected chi connectivity index (χ4v) is 2.44. The highest BCUT2D eigenvalue weighted by Gasteiger charge is 2.16. The summed E-state index contributed by atoms with van der Waals surface area (Å²) in [7, 11) is 0. The minimum atomic E-state index is -0.376. The highest BCUT2D eigenvalue weighted by atomic mass is 19.1. The van der Waals surface area contributed by atoms with E-state index in [1.54, 1.807) is 24.3 Å². The van der Waals surface area contributed by atoms with Gasteiger partial charge in [0.2, 0.25) is 0 Å². The third kappa shape index (κ3) is 2.85. The highest BCUT2D eigenvalue weighted by Crippen LogP contribution is 2.28. The standard InChI is InChI=1S/C18H16FN3O/c1-11-6-5-8-13(12(11)2)18(23)21-16-10-20-22-17(16)14-7-3-4-9-15(14)19/h3-10H,1-2H3,(H,20,22)(H,21,23). The number of amides is 1. The minimum absolute atomic E-state index is 0.245. The third-order valence-corrected chi connectivity index (χ3v) is 3.88. The number of aryl methyl sites for hydroxylation is 1. The van der Waals surface area contributed by atoms with Gasteiger partial charge in [-0.25, -0.2) is 4.39 Å². The van der Waals surface area contributed by atoms with Crippen molar-refractivity contribution in [2.75, 3.05) is 5.32 Å². The summed E-state index contributed by atoms with van der Waals surface area (Å²) >= 11 is 0. The summed E-state index contributed by atoms with van der Waals surface area (Å²) in [6.07, 6.45) is 1.48. The lowest BCUT2D eigenvalue weighted by Gasteiger charge is -2.10. The molecule has 0 radical (unpaired) electrons. The molecular formula is C18H16FN3O. The molecule has 1 aromatic heterocycles. The van der Waals surface area contributed by atoms with Gasteiger partial charge in [0.25, 0.3) is 5.91 Å². The number of aromatic amines is 1. The van der Waals surface area contributed by atoms with E-state index in [0.717, 1.165) is 11.1 Å². The molecule has 1 heterocycles. The number of H-pyrrole nitrogens is 1. The van der Waals surface area contributed by atoms with Crippen molar-refractivity contribution < 1.29 is 9.18 Å². The van der Waals surface area contributed by atoms with Crippen molar-refractivity contribution in [2.24, 2.45) is 0 Å². The van der Waals surface area contributed by atoms with Crippen LogP contribution < -0.4 is 5.32 Å². The Labute approximate surface area is 133 Å². The molecule has 0 aliphatic rings. The number of anilines is 1. The first-order valence-corrected chi connectivity index (χ1v) is 7.23. The van der Waals surface area contributed by atoms with Crippen LogP contribution in [0.15, 0.2) is 48.7 Å². The zero-order valence-corrected chi connectivity index (χ0v) is 12.9. The number of carbonyl (C=O) groups is 1. The van der Waals surface area contributed by atoms with E-state index in [9.17, 15) is 9.18 Å². The van der Waals surface area contributed by atoms with E-state index in [2.05, 4.69) is 15.5 Å². The maximum Gasteiger partial charge on any atom is 0.256 e. The number of carbonyl (C=O) groups excluding carboxylic acids is 1. The second kappa shape index (κ2) is 6.04. The number of hydrogen-bond donors (Lipinski definition) is 2. The summed E-state index contributed by atoms with van der Waals surface area (Å²) in [4.78, 5) is 12.5. The maximum atomic E-state index is 13.9. The van der Waals surface area contributed by atoms with E-state index >= 15 is 0 Å². The highest BCUT2D eigenvalue weighted by molar-refractivity contribution is 6.06. The monoisotopic (exact) mass is 309 g/mol. The molecule has 3 aromatic rings. The van der Waals surface area contributed by atoms with Crippen LogP contribution in [0.5, 0.6) is 0 Å². The number of halogens is 1. The van der Waals surface area contributed by atoms with E-state index in [-0.39, 0.29) is 11.7 Å². The molecule has 0 atom stereocenters. The average molecular weight is 309 g/mol. The van der Waals surface area contributed by atoms with Crippen molar-refractivity contribution in [3.63, 3.8) is 0 Å². The normalized spacial score (nSPS) is 10.6. The molecule has 0 bridgehead atoms. The molecule has 4 nitrogen and oxygen atoms in total. The Kier molecular flexibility index (Phi) is 3.93. The van der Waals surface area contributed by atoms with Gasteiger partial charge >= 0.3 is 0 Å². The van der Waals surface area contributed by atoms with Crippen LogP contribution in [0.2, 0.25) is 0 Å². The first-order chi connectivity index (χ1) is 11.1. The van der Waals surface area contributed by atoms with Crippen molar-refractivity contribution in [3.8, 4) is 11.3 Å². The smallest absolute Gasteiger partial charge is 0.256 e. The van der Waals surface area contributed by atoms with Gasteiger partial charge in [0, 0.05) is 11.1 Å².